The summed E-state index contributed by atoms with van der Waals surface area (Å²) in [5.74, 6) is 5.44. The van der Waals surface area contributed by atoms with Gasteiger partial charge in [-0.2, -0.15) is 4.31 Å². The number of hydrogen-bond acceptors (Lipinski definition) is 5. The zero-order valence-electron chi connectivity index (χ0n) is 23.3. The smallest absolute Gasteiger partial charge is 0.317 e. The first kappa shape index (κ1) is 29.8. The molecule has 1 saturated carbocycles. The lowest BCUT2D eigenvalue weighted by Gasteiger charge is -2.37. The van der Waals surface area contributed by atoms with Crippen molar-refractivity contribution in [2.75, 3.05) is 26.7 Å². The third-order valence-corrected chi connectivity index (χ3v) is 9.62. The second kappa shape index (κ2) is 13.0. The topological polar surface area (TPSA) is 99.2 Å². The lowest BCUT2D eigenvalue weighted by molar-refractivity contribution is 0.0806. The Kier molecular flexibility index (Phi) is 9.72. The zero-order chi connectivity index (χ0) is 28.9. The lowest BCUT2D eigenvalue weighted by atomic mass is 9.96. The van der Waals surface area contributed by atoms with Gasteiger partial charge in [0.2, 0.25) is 10.0 Å². The highest BCUT2D eigenvalue weighted by atomic mass is 32.2. The van der Waals surface area contributed by atoms with Crippen LogP contribution in [0.4, 0.5) is 9.18 Å². The third kappa shape index (κ3) is 7.14. The zero-order valence-corrected chi connectivity index (χ0v) is 24.1. The quantitative estimate of drug-likeness (QED) is 0.530. The summed E-state index contributed by atoms with van der Waals surface area (Å²) in [7, 11) is -2.29. The third-order valence-electron chi connectivity index (χ3n) is 7.60. The summed E-state index contributed by atoms with van der Waals surface area (Å²) in [4.78, 5) is 14.6. The largest absolute Gasteiger partial charge is 0.487 e. The van der Waals surface area contributed by atoms with Crippen molar-refractivity contribution in [2.24, 2.45) is 5.92 Å². The summed E-state index contributed by atoms with van der Waals surface area (Å²) in [5, 5.41) is 13.0. The molecule has 2 N–H and O–H groups in total. The molecule has 3 atom stereocenters. The van der Waals surface area contributed by atoms with Crippen molar-refractivity contribution in [3.63, 3.8) is 0 Å². The van der Waals surface area contributed by atoms with E-state index >= 15 is 0 Å². The molecular formula is C30H38FN3O5S. The number of aliphatic hydroxyl groups excluding tert-OH is 1. The number of nitrogens with zero attached hydrogens (tertiary/aromatic N) is 2. The van der Waals surface area contributed by atoms with Crippen LogP contribution in [-0.2, 0) is 10.0 Å². The predicted molar refractivity (Wildman–Crippen MR) is 151 cm³/mol. The van der Waals surface area contributed by atoms with Gasteiger partial charge in [-0.15, -0.1) is 0 Å². The Labute approximate surface area is 236 Å². The summed E-state index contributed by atoms with van der Waals surface area (Å²) < 4.78 is 48.3. The highest BCUT2D eigenvalue weighted by Crippen LogP contribution is 2.34. The van der Waals surface area contributed by atoms with Crippen molar-refractivity contribution >= 4 is 16.1 Å². The molecule has 40 heavy (non-hydrogen) atoms. The van der Waals surface area contributed by atoms with Crippen molar-refractivity contribution in [1.29, 1.82) is 0 Å². The number of rotatable bonds is 5. The van der Waals surface area contributed by atoms with E-state index in [1.807, 2.05) is 6.92 Å². The minimum atomic E-state index is -4.00. The van der Waals surface area contributed by atoms with E-state index in [9.17, 15) is 22.7 Å². The van der Waals surface area contributed by atoms with Crippen LogP contribution >= 0.6 is 0 Å². The molecule has 0 radical (unpaired) electrons. The fraction of sp³-hybridized carbons (Fsp3) is 0.500. The molecule has 0 bridgehead atoms. The first-order valence-electron chi connectivity index (χ1n) is 13.8. The molecule has 8 nitrogen and oxygen atoms in total. The molecule has 0 unspecified atom stereocenters. The Morgan fingerprint density at radius 1 is 1.15 bits per heavy atom. The van der Waals surface area contributed by atoms with Gasteiger partial charge in [-0.1, -0.05) is 38.0 Å². The van der Waals surface area contributed by atoms with Crippen LogP contribution in [0.3, 0.4) is 0 Å². The second-order valence-electron chi connectivity index (χ2n) is 10.8. The number of carbonyl (C=O) groups is 1. The normalized spacial score (nSPS) is 21.9. The molecule has 2 aliphatic rings. The monoisotopic (exact) mass is 571 g/mol. The van der Waals surface area contributed by atoms with E-state index in [2.05, 4.69) is 17.2 Å². The number of sulfonamides is 1. The molecule has 0 spiro atoms. The van der Waals surface area contributed by atoms with Gasteiger partial charge in [0.1, 0.15) is 22.6 Å². The number of halogens is 1. The number of benzene rings is 2. The molecule has 0 saturated heterocycles. The van der Waals surface area contributed by atoms with Crippen LogP contribution in [0.5, 0.6) is 5.75 Å². The van der Waals surface area contributed by atoms with E-state index in [-0.39, 0.29) is 54.1 Å². The van der Waals surface area contributed by atoms with Gasteiger partial charge in [0, 0.05) is 42.7 Å². The number of aliphatic hydroxyl groups is 1. The highest BCUT2D eigenvalue weighted by molar-refractivity contribution is 7.89. The molecule has 2 aromatic carbocycles. The SMILES string of the molecule is C[C@H]1CN([C@@H](C)CO)S(=O)(=O)c2ccc(C#Cc3ccc(F)cc3)cc2O[C@@H]1CN(C)C(=O)NC1CCCCC1. The summed E-state index contributed by atoms with van der Waals surface area (Å²) >= 11 is 0. The van der Waals surface area contributed by atoms with Gasteiger partial charge in [-0.05, 0) is 62.2 Å². The van der Waals surface area contributed by atoms with Crippen LogP contribution in [0, 0.1) is 23.6 Å². The maximum atomic E-state index is 13.7. The van der Waals surface area contributed by atoms with E-state index in [1.54, 1.807) is 43.1 Å². The van der Waals surface area contributed by atoms with Crippen molar-refractivity contribution in [1.82, 2.24) is 14.5 Å². The number of nitrogens with one attached hydrogen (secondary N) is 1. The van der Waals surface area contributed by atoms with Gasteiger partial charge >= 0.3 is 6.03 Å². The number of amides is 2. The molecule has 1 aliphatic carbocycles. The molecule has 10 heteroatoms. The Morgan fingerprint density at radius 3 is 2.48 bits per heavy atom. The van der Waals surface area contributed by atoms with E-state index in [1.165, 1.54) is 28.9 Å². The Hall–Kier alpha value is -3.13. The number of fused-ring (bicyclic) bond motifs is 1. The van der Waals surface area contributed by atoms with Gasteiger partial charge in [0.15, 0.2) is 0 Å². The van der Waals surface area contributed by atoms with Crippen LogP contribution < -0.4 is 10.1 Å². The molecule has 1 fully saturated rings. The first-order valence-corrected chi connectivity index (χ1v) is 15.2. The molecule has 216 valence electrons. The average Bonchev–Trinajstić information content (AvgIpc) is 2.94. The summed E-state index contributed by atoms with van der Waals surface area (Å²) in [5.41, 5.74) is 1.14. The number of likely N-dealkylation sites (N-methyl/N-ethyl adjacent to an activating group) is 1. The minimum absolute atomic E-state index is 0.0219. The van der Waals surface area contributed by atoms with Crippen molar-refractivity contribution in [3.05, 3.63) is 59.4 Å². The van der Waals surface area contributed by atoms with E-state index in [4.69, 9.17) is 4.74 Å². The van der Waals surface area contributed by atoms with Crippen molar-refractivity contribution in [2.45, 2.75) is 69.0 Å². The molecular weight excluding hydrogens is 533 g/mol. The molecule has 1 heterocycles. The number of hydrogen-bond donors (Lipinski definition) is 2. The molecule has 4 rings (SSSR count). The van der Waals surface area contributed by atoms with Crippen molar-refractivity contribution < 1.29 is 27.4 Å². The van der Waals surface area contributed by atoms with Gasteiger partial charge in [-0.3, -0.25) is 0 Å². The van der Waals surface area contributed by atoms with Crippen molar-refractivity contribution in [3.8, 4) is 17.6 Å². The fourth-order valence-corrected chi connectivity index (χ4v) is 6.91. The Bertz CT molecular complexity index is 1350. The van der Waals surface area contributed by atoms with Gasteiger partial charge in [-0.25, -0.2) is 17.6 Å². The second-order valence-corrected chi connectivity index (χ2v) is 12.7. The molecule has 2 amide bonds. The van der Waals surface area contributed by atoms with E-state index in [0.29, 0.717) is 11.1 Å². The predicted octanol–water partition coefficient (Wildman–Crippen LogP) is 3.97. The lowest BCUT2D eigenvalue weighted by Crippen LogP contribution is -2.52. The first-order chi connectivity index (χ1) is 19.1. The van der Waals surface area contributed by atoms with E-state index in [0.717, 1.165) is 25.7 Å². The van der Waals surface area contributed by atoms with Gasteiger partial charge in [0.05, 0.1) is 13.2 Å². The molecule has 0 aromatic heterocycles. The summed E-state index contributed by atoms with van der Waals surface area (Å²) in [6, 6.07) is 9.75. The maximum absolute atomic E-state index is 13.7. The van der Waals surface area contributed by atoms with Crippen LogP contribution in [-0.4, -0.2) is 73.7 Å². The number of urea groups is 1. The molecule has 2 aromatic rings. The maximum Gasteiger partial charge on any atom is 0.317 e. The minimum Gasteiger partial charge on any atom is -0.487 e. The Morgan fingerprint density at radius 2 is 1.80 bits per heavy atom. The summed E-state index contributed by atoms with van der Waals surface area (Å²) in [6.45, 7) is 3.57. The van der Waals surface area contributed by atoms with Crippen LogP contribution in [0.1, 0.15) is 57.1 Å². The van der Waals surface area contributed by atoms with Gasteiger partial charge in [0.25, 0.3) is 0 Å². The van der Waals surface area contributed by atoms with Crippen LogP contribution in [0.15, 0.2) is 47.4 Å². The van der Waals surface area contributed by atoms with Crippen LogP contribution in [0.2, 0.25) is 0 Å². The fourth-order valence-electron chi connectivity index (χ4n) is 5.08. The van der Waals surface area contributed by atoms with Crippen LogP contribution in [0.25, 0.3) is 0 Å². The average molecular weight is 572 g/mol. The number of ether oxygens (including phenoxy) is 1. The standard InChI is InChI=1S/C30H38FN3O5S/c1-21-18-34(22(2)20-35)40(37,38)29-16-13-24(10-9-23-11-14-25(31)15-12-23)17-27(29)39-28(21)19-33(3)30(36)32-26-7-5-4-6-8-26/h11-17,21-22,26,28,35H,4-8,18-20H2,1-3H3,(H,32,36)/t21-,22-,28+/m0/s1. The summed E-state index contributed by atoms with van der Waals surface area (Å²) in [6.07, 6.45) is 4.82. The van der Waals surface area contributed by atoms with E-state index < -0.39 is 22.2 Å². The highest BCUT2D eigenvalue weighted by Gasteiger charge is 2.38. The Balaban J connectivity index is 1.64. The van der Waals surface area contributed by atoms with Gasteiger partial charge < -0.3 is 20.1 Å². The number of carbonyl (C=O) groups excluding carboxylic acids is 1. The molecule has 1 aliphatic heterocycles.